The minimum Gasteiger partial charge on any atom is -0.368 e. The van der Waals surface area contributed by atoms with E-state index in [2.05, 4.69) is 11.0 Å². The lowest BCUT2D eigenvalue weighted by molar-refractivity contribution is -0.137. The number of piperazine rings is 1. The Morgan fingerprint density at radius 1 is 1.18 bits per heavy atom. The van der Waals surface area contributed by atoms with Gasteiger partial charge in [0.15, 0.2) is 0 Å². The van der Waals surface area contributed by atoms with Crippen molar-refractivity contribution in [2.45, 2.75) is 6.18 Å². The van der Waals surface area contributed by atoms with Gasteiger partial charge in [-0.2, -0.15) is 13.2 Å². The Hall–Kier alpha value is -1.23. The van der Waals surface area contributed by atoms with Gasteiger partial charge in [-0.15, -0.1) is 0 Å². The van der Waals surface area contributed by atoms with E-state index >= 15 is 0 Å². The van der Waals surface area contributed by atoms with Crippen molar-refractivity contribution in [1.29, 1.82) is 0 Å². The van der Waals surface area contributed by atoms with Crippen LogP contribution in [0.5, 0.6) is 0 Å². The number of anilines is 1. The second-order valence-electron chi connectivity index (χ2n) is 4.22. The molecule has 5 heteroatoms. The Morgan fingerprint density at radius 3 is 2.41 bits per heavy atom. The van der Waals surface area contributed by atoms with Crippen LogP contribution in [-0.4, -0.2) is 38.1 Å². The second-order valence-corrected chi connectivity index (χ2v) is 4.22. The molecule has 1 aliphatic heterocycles. The molecule has 0 atom stereocenters. The highest BCUT2D eigenvalue weighted by molar-refractivity contribution is 5.54. The zero-order chi connectivity index (χ0) is 12.5. The molecule has 0 unspecified atom stereocenters. The van der Waals surface area contributed by atoms with Crippen molar-refractivity contribution in [2.75, 3.05) is 38.1 Å². The molecule has 0 bridgehead atoms. The highest BCUT2D eigenvalue weighted by atomic mass is 19.4. The zero-order valence-electron chi connectivity index (χ0n) is 9.59. The van der Waals surface area contributed by atoms with Gasteiger partial charge in [0.25, 0.3) is 0 Å². The third-order valence-electron chi connectivity index (χ3n) is 2.96. The molecule has 1 aromatic carbocycles. The van der Waals surface area contributed by atoms with E-state index in [1.807, 2.05) is 7.05 Å². The Bertz CT molecular complexity index is 382. The van der Waals surface area contributed by atoms with E-state index in [9.17, 15) is 13.2 Å². The van der Waals surface area contributed by atoms with E-state index in [1.54, 1.807) is 11.0 Å². The maximum absolute atomic E-state index is 12.8. The molecule has 1 fully saturated rings. The van der Waals surface area contributed by atoms with Gasteiger partial charge in [0.2, 0.25) is 0 Å². The molecule has 0 amide bonds. The van der Waals surface area contributed by atoms with Gasteiger partial charge in [-0.3, -0.25) is 0 Å². The van der Waals surface area contributed by atoms with E-state index in [0.717, 1.165) is 13.1 Å². The summed E-state index contributed by atoms with van der Waals surface area (Å²) < 4.78 is 38.4. The van der Waals surface area contributed by atoms with Gasteiger partial charge >= 0.3 is 6.18 Å². The average molecular weight is 243 g/mol. The molecule has 93 valence electrons. The summed E-state index contributed by atoms with van der Waals surface area (Å²) in [6.07, 6.45) is -4.33. The summed E-state index contributed by atoms with van der Waals surface area (Å²) >= 11 is 0. The summed E-state index contributed by atoms with van der Waals surface area (Å²) in [6, 6.07) is 6.73. The Labute approximate surface area is 98.6 Å². The van der Waals surface area contributed by atoms with Gasteiger partial charge < -0.3 is 9.80 Å². The molecule has 1 aliphatic rings. The van der Waals surface area contributed by atoms with Gasteiger partial charge in [0, 0.05) is 31.9 Å². The van der Waals surface area contributed by atoms with E-state index < -0.39 is 11.7 Å². The zero-order valence-corrected chi connectivity index (χ0v) is 9.59. The number of likely N-dealkylation sites (N-methyl/N-ethyl adjacent to an activating group) is 1. The standard InChI is InChI=1S/C12H14F3N2/c1-16-6-8-17(9-7-16)11-5-3-2-4-10(11)12(13,14)15/h2-3,5H,6-9H2,1H3. The normalized spacial score (nSPS) is 18.5. The summed E-state index contributed by atoms with van der Waals surface area (Å²) in [4.78, 5) is 3.88. The number of hydrogen-bond donors (Lipinski definition) is 0. The summed E-state index contributed by atoms with van der Waals surface area (Å²) in [5.41, 5.74) is -0.419. The van der Waals surface area contributed by atoms with E-state index in [1.165, 1.54) is 12.1 Å². The fourth-order valence-corrected chi connectivity index (χ4v) is 1.97. The lowest BCUT2D eigenvalue weighted by atomic mass is 10.1. The van der Waals surface area contributed by atoms with Crippen LogP contribution < -0.4 is 4.90 Å². The summed E-state index contributed by atoms with van der Waals surface area (Å²) in [5, 5.41) is 0. The molecule has 2 nitrogen and oxygen atoms in total. The number of nitrogens with zero attached hydrogens (tertiary/aromatic N) is 2. The minimum absolute atomic E-state index is 0.244. The molecule has 2 rings (SSSR count). The van der Waals surface area contributed by atoms with Crippen molar-refractivity contribution in [3.63, 3.8) is 0 Å². The molecule has 0 N–H and O–H groups in total. The van der Waals surface area contributed by atoms with Crippen LogP contribution in [0.1, 0.15) is 5.56 Å². The summed E-state index contributed by atoms with van der Waals surface area (Å²) in [7, 11) is 1.97. The van der Waals surface area contributed by atoms with Crippen LogP contribution in [0.3, 0.4) is 0 Å². The number of rotatable bonds is 1. The number of benzene rings is 1. The van der Waals surface area contributed by atoms with Crippen LogP contribution in [0.25, 0.3) is 0 Å². The van der Waals surface area contributed by atoms with Crippen LogP contribution in [0, 0.1) is 6.07 Å². The van der Waals surface area contributed by atoms with Gasteiger partial charge in [-0.25, -0.2) is 0 Å². The second kappa shape index (κ2) is 4.56. The van der Waals surface area contributed by atoms with Crippen LogP contribution in [0.4, 0.5) is 18.9 Å². The number of hydrogen-bond acceptors (Lipinski definition) is 2. The SMILES string of the molecule is CN1CCN(c2ccc[c]c2C(F)(F)F)CC1. The smallest absolute Gasteiger partial charge is 0.368 e. The monoisotopic (exact) mass is 243 g/mol. The molecule has 0 saturated carbocycles. The lowest BCUT2D eigenvalue weighted by Gasteiger charge is -2.35. The van der Waals surface area contributed by atoms with Crippen LogP contribution in [0.15, 0.2) is 18.2 Å². The van der Waals surface area contributed by atoms with Crippen molar-refractivity contribution in [3.05, 3.63) is 29.8 Å². The molecule has 1 aromatic rings. The Morgan fingerprint density at radius 2 is 1.82 bits per heavy atom. The van der Waals surface area contributed by atoms with Crippen molar-refractivity contribution < 1.29 is 13.2 Å². The molecular weight excluding hydrogens is 229 g/mol. The fraction of sp³-hybridized carbons (Fsp3) is 0.500. The molecule has 17 heavy (non-hydrogen) atoms. The first-order valence-electron chi connectivity index (χ1n) is 5.50. The lowest BCUT2D eigenvalue weighted by Crippen LogP contribution is -2.45. The molecule has 0 aromatic heterocycles. The van der Waals surface area contributed by atoms with Crippen molar-refractivity contribution in [3.8, 4) is 0 Å². The molecule has 0 aliphatic carbocycles. The van der Waals surface area contributed by atoms with Crippen molar-refractivity contribution >= 4 is 5.69 Å². The third kappa shape index (κ3) is 2.72. The molecular formula is C12H14F3N2. The maximum atomic E-state index is 12.8. The molecule has 1 heterocycles. The van der Waals surface area contributed by atoms with Crippen LogP contribution in [0.2, 0.25) is 0 Å². The van der Waals surface area contributed by atoms with Crippen molar-refractivity contribution in [2.24, 2.45) is 0 Å². The van der Waals surface area contributed by atoms with Crippen LogP contribution >= 0.6 is 0 Å². The first-order chi connectivity index (χ1) is 7.98. The number of alkyl halides is 3. The highest BCUT2D eigenvalue weighted by Crippen LogP contribution is 2.36. The Balaban J connectivity index is 2.26. The van der Waals surface area contributed by atoms with E-state index in [0.29, 0.717) is 13.1 Å². The Kier molecular flexibility index (Phi) is 3.28. The molecule has 1 radical (unpaired) electrons. The topological polar surface area (TPSA) is 6.48 Å². The predicted molar refractivity (Wildman–Crippen MR) is 60.0 cm³/mol. The molecule has 1 saturated heterocycles. The average Bonchev–Trinajstić information content (AvgIpc) is 2.29. The number of halogens is 3. The first-order valence-corrected chi connectivity index (χ1v) is 5.50. The van der Waals surface area contributed by atoms with Gasteiger partial charge in [0.05, 0.1) is 5.56 Å². The summed E-state index contributed by atoms with van der Waals surface area (Å²) in [5.74, 6) is 0. The van der Waals surface area contributed by atoms with E-state index in [4.69, 9.17) is 0 Å². The highest BCUT2D eigenvalue weighted by Gasteiger charge is 2.35. The molecule has 0 spiro atoms. The first kappa shape index (κ1) is 12.2. The van der Waals surface area contributed by atoms with Crippen LogP contribution in [-0.2, 0) is 6.18 Å². The van der Waals surface area contributed by atoms with E-state index in [-0.39, 0.29) is 5.69 Å². The largest absolute Gasteiger partial charge is 0.418 e. The van der Waals surface area contributed by atoms with Gasteiger partial charge in [0.1, 0.15) is 0 Å². The predicted octanol–water partition coefficient (Wildman–Crippen LogP) is 2.26. The van der Waals surface area contributed by atoms with Crippen molar-refractivity contribution in [1.82, 2.24) is 4.90 Å². The fourth-order valence-electron chi connectivity index (χ4n) is 1.97. The summed E-state index contributed by atoms with van der Waals surface area (Å²) in [6.45, 7) is 2.81. The van der Waals surface area contributed by atoms with Gasteiger partial charge in [-0.1, -0.05) is 12.1 Å². The quantitative estimate of drug-likeness (QED) is 0.746. The maximum Gasteiger partial charge on any atom is 0.418 e. The third-order valence-corrected chi connectivity index (χ3v) is 2.96. The minimum atomic E-state index is -4.33. The van der Waals surface area contributed by atoms with Gasteiger partial charge in [-0.05, 0) is 19.2 Å².